The summed E-state index contributed by atoms with van der Waals surface area (Å²) in [5.74, 6) is -1.05. The third kappa shape index (κ3) is 2.04. The molecule has 0 unspecified atom stereocenters. The minimum absolute atomic E-state index is 0.0689. The van der Waals surface area contributed by atoms with Crippen molar-refractivity contribution in [1.82, 2.24) is 0 Å². The van der Waals surface area contributed by atoms with E-state index < -0.39 is 5.97 Å². The van der Waals surface area contributed by atoms with Crippen LogP contribution in [0.2, 0.25) is 0 Å². The number of carboxylic acids is 1. The molecule has 0 atom stereocenters. The SMILES string of the molecule is O=C(O)c1cccc2c1CCc1cccc(I)c1C2=O. The highest BCUT2D eigenvalue weighted by atomic mass is 127. The molecular formula is C16H11IO3. The van der Waals surface area contributed by atoms with Gasteiger partial charge in [0.15, 0.2) is 5.78 Å². The summed E-state index contributed by atoms with van der Waals surface area (Å²) in [5.41, 5.74) is 3.12. The van der Waals surface area contributed by atoms with Crippen LogP contribution in [-0.4, -0.2) is 16.9 Å². The van der Waals surface area contributed by atoms with Crippen molar-refractivity contribution in [3.05, 3.63) is 67.8 Å². The second-order valence-corrected chi connectivity index (χ2v) is 5.90. The van der Waals surface area contributed by atoms with Gasteiger partial charge in [0.1, 0.15) is 0 Å². The van der Waals surface area contributed by atoms with Crippen molar-refractivity contribution < 1.29 is 14.7 Å². The predicted molar refractivity (Wildman–Crippen MR) is 83.4 cm³/mol. The van der Waals surface area contributed by atoms with Gasteiger partial charge >= 0.3 is 5.97 Å². The first-order valence-electron chi connectivity index (χ1n) is 6.27. The summed E-state index contributed by atoms with van der Waals surface area (Å²) >= 11 is 2.16. The lowest BCUT2D eigenvalue weighted by atomic mass is 9.95. The molecule has 100 valence electrons. The molecule has 0 heterocycles. The van der Waals surface area contributed by atoms with E-state index in [1.54, 1.807) is 18.2 Å². The summed E-state index contributed by atoms with van der Waals surface area (Å²) in [4.78, 5) is 24.0. The molecule has 0 amide bonds. The summed E-state index contributed by atoms with van der Waals surface area (Å²) in [6.07, 6.45) is 1.27. The molecule has 0 radical (unpaired) electrons. The van der Waals surface area contributed by atoms with Gasteiger partial charge in [0.05, 0.1) is 5.56 Å². The van der Waals surface area contributed by atoms with Crippen molar-refractivity contribution in [2.24, 2.45) is 0 Å². The molecule has 1 aliphatic rings. The van der Waals surface area contributed by atoms with Crippen LogP contribution in [0.5, 0.6) is 0 Å². The summed E-state index contributed by atoms with van der Waals surface area (Å²) in [7, 11) is 0. The summed E-state index contributed by atoms with van der Waals surface area (Å²) in [6.45, 7) is 0. The topological polar surface area (TPSA) is 54.4 Å². The van der Waals surface area contributed by atoms with Crippen molar-refractivity contribution in [3.8, 4) is 0 Å². The van der Waals surface area contributed by atoms with Gasteiger partial charge in [-0.05, 0) is 58.7 Å². The van der Waals surface area contributed by atoms with E-state index in [0.29, 0.717) is 24.0 Å². The van der Waals surface area contributed by atoms with Crippen LogP contribution in [0, 0.1) is 3.57 Å². The zero-order valence-electron chi connectivity index (χ0n) is 10.5. The van der Waals surface area contributed by atoms with Crippen molar-refractivity contribution in [2.75, 3.05) is 0 Å². The number of hydrogen-bond donors (Lipinski definition) is 1. The monoisotopic (exact) mass is 378 g/mol. The lowest BCUT2D eigenvalue weighted by Gasteiger charge is -2.08. The van der Waals surface area contributed by atoms with E-state index in [9.17, 15) is 14.7 Å². The van der Waals surface area contributed by atoms with Gasteiger partial charge in [0.25, 0.3) is 0 Å². The van der Waals surface area contributed by atoms with E-state index >= 15 is 0 Å². The first-order valence-corrected chi connectivity index (χ1v) is 7.34. The van der Waals surface area contributed by atoms with Crippen molar-refractivity contribution in [2.45, 2.75) is 12.8 Å². The molecule has 0 fully saturated rings. The molecule has 2 aromatic carbocycles. The molecule has 0 spiro atoms. The first-order chi connectivity index (χ1) is 9.59. The number of carbonyl (C=O) groups excluding carboxylic acids is 1. The van der Waals surface area contributed by atoms with Crippen LogP contribution in [0.3, 0.4) is 0 Å². The highest BCUT2D eigenvalue weighted by molar-refractivity contribution is 14.1. The average molecular weight is 378 g/mol. The van der Waals surface area contributed by atoms with Crippen LogP contribution in [0.25, 0.3) is 0 Å². The molecule has 0 saturated carbocycles. The maximum atomic E-state index is 12.7. The molecule has 0 saturated heterocycles. The van der Waals surface area contributed by atoms with Crippen LogP contribution in [0.1, 0.15) is 37.4 Å². The number of carboxylic acid groups (broad SMARTS) is 1. The zero-order chi connectivity index (χ0) is 14.3. The number of benzene rings is 2. The lowest BCUT2D eigenvalue weighted by molar-refractivity contribution is 0.0695. The molecule has 4 heteroatoms. The fourth-order valence-corrected chi connectivity index (χ4v) is 3.49. The molecule has 0 bridgehead atoms. The molecule has 1 aliphatic carbocycles. The number of fused-ring (bicyclic) bond motifs is 2. The summed E-state index contributed by atoms with van der Waals surface area (Å²) in [6, 6.07) is 10.7. The Balaban J connectivity index is 2.26. The fourth-order valence-electron chi connectivity index (χ4n) is 2.70. The Kier molecular flexibility index (Phi) is 3.33. The standard InChI is InChI=1S/C16H11IO3/c17-13-6-1-3-9-7-8-10-11(15(18)14(9)13)4-2-5-12(10)16(19)20/h1-6H,7-8H2,(H,19,20). The Labute approximate surface area is 129 Å². The van der Waals surface area contributed by atoms with E-state index in [-0.39, 0.29) is 11.3 Å². The molecule has 3 rings (SSSR count). The van der Waals surface area contributed by atoms with E-state index in [1.165, 1.54) is 0 Å². The number of aromatic carboxylic acids is 1. The van der Waals surface area contributed by atoms with Crippen LogP contribution < -0.4 is 0 Å². The van der Waals surface area contributed by atoms with Gasteiger partial charge in [0.2, 0.25) is 0 Å². The van der Waals surface area contributed by atoms with Crippen molar-refractivity contribution >= 4 is 34.3 Å². The van der Waals surface area contributed by atoms with Crippen LogP contribution in [-0.2, 0) is 12.8 Å². The maximum Gasteiger partial charge on any atom is 0.335 e. The maximum absolute atomic E-state index is 12.7. The lowest BCUT2D eigenvalue weighted by Crippen LogP contribution is -2.10. The smallest absolute Gasteiger partial charge is 0.335 e. The average Bonchev–Trinajstić information content (AvgIpc) is 2.57. The number of ketones is 1. The molecule has 3 nitrogen and oxygen atoms in total. The number of rotatable bonds is 1. The molecular weight excluding hydrogens is 367 g/mol. The third-order valence-corrected chi connectivity index (χ3v) is 4.52. The first kappa shape index (κ1) is 13.3. The Morgan fingerprint density at radius 3 is 2.60 bits per heavy atom. The Morgan fingerprint density at radius 2 is 1.85 bits per heavy atom. The van der Waals surface area contributed by atoms with Crippen LogP contribution >= 0.6 is 22.6 Å². The van der Waals surface area contributed by atoms with E-state index in [1.807, 2.05) is 18.2 Å². The van der Waals surface area contributed by atoms with Gasteiger partial charge in [-0.3, -0.25) is 4.79 Å². The van der Waals surface area contributed by atoms with Crippen molar-refractivity contribution in [3.63, 3.8) is 0 Å². The van der Waals surface area contributed by atoms with Gasteiger partial charge in [0, 0.05) is 14.7 Å². The molecule has 2 aromatic rings. The predicted octanol–water partition coefficient (Wildman–Crippen LogP) is 3.32. The van der Waals surface area contributed by atoms with Gasteiger partial charge in [-0.1, -0.05) is 24.3 Å². The Bertz CT molecular complexity index is 734. The Morgan fingerprint density at radius 1 is 1.10 bits per heavy atom. The summed E-state index contributed by atoms with van der Waals surface area (Å²) < 4.78 is 0.915. The minimum Gasteiger partial charge on any atom is -0.478 e. The quantitative estimate of drug-likeness (QED) is 0.775. The number of hydrogen-bond acceptors (Lipinski definition) is 2. The number of aryl methyl sites for hydroxylation is 1. The zero-order valence-corrected chi connectivity index (χ0v) is 12.7. The highest BCUT2D eigenvalue weighted by Crippen LogP contribution is 2.29. The van der Waals surface area contributed by atoms with Gasteiger partial charge in [-0.2, -0.15) is 0 Å². The van der Waals surface area contributed by atoms with E-state index in [2.05, 4.69) is 22.6 Å². The third-order valence-electron chi connectivity index (χ3n) is 3.62. The second-order valence-electron chi connectivity index (χ2n) is 4.74. The summed E-state index contributed by atoms with van der Waals surface area (Å²) in [5, 5.41) is 9.28. The van der Waals surface area contributed by atoms with Crippen LogP contribution in [0.4, 0.5) is 0 Å². The molecule has 0 aliphatic heterocycles. The highest BCUT2D eigenvalue weighted by Gasteiger charge is 2.25. The van der Waals surface area contributed by atoms with Gasteiger partial charge in [-0.25, -0.2) is 4.79 Å². The number of carbonyl (C=O) groups is 2. The normalized spacial score (nSPS) is 13.3. The largest absolute Gasteiger partial charge is 0.478 e. The number of halogens is 1. The second kappa shape index (κ2) is 5.01. The Hall–Kier alpha value is -1.69. The molecule has 20 heavy (non-hydrogen) atoms. The van der Waals surface area contributed by atoms with E-state index in [0.717, 1.165) is 14.7 Å². The van der Waals surface area contributed by atoms with Crippen molar-refractivity contribution in [1.29, 1.82) is 0 Å². The van der Waals surface area contributed by atoms with Gasteiger partial charge in [-0.15, -0.1) is 0 Å². The molecule has 0 aromatic heterocycles. The van der Waals surface area contributed by atoms with E-state index in [4.69, 9.17) is 0 Å². The minimum atomic E-state index is -0.977. The van der Waals surface area contributed by atoms with Crippen LogP contribution in [0.15, 0.2) is 36.4 Å². The van der Waals surface area contributed by atoms with Gasteiger partial charge < -0.3 is 5.11 Å². The molecule has 1 N–H and O–H groups in total. The fraction of sp³-hybridized carbons (Fsp3) is 0.125.